The van der Waals surface area contributed by atoms with E-state index >= 15 is 0 Å². The molecule has 9 heterocycles. The summed E-state index contributed by atoms with van der Waals surface area (Å²) < 4.78 is 0. The molecule has 6 aliphatic heterocycles. The highest BCUT2D eigenvalue weighted by atomic mass is 15.5. The third-order valence-corrected chi connectivity index (χ3v) is 25.1. The van der Waals surface area contributed by atoms with Gasteiger partial charge in [0, 0.05) is 104 Å². The molecule has 1 spiro atoms. The molecule has 14 heteroatoms. The second-order valence-corrected chi connectivity index (χ2v) is 42.7. The molecule has 0 N–H and O–H groups in total. The van der Waals surface area contributed by atoms with Gasteiger partial charge in [-0.3, -0.25) is 9.80 Å². The largest absolute Gasteiger partial charge is 0.345 e. The van der Waals surface area contributed by atoms with E-state index in [-0.39, 0.29) is 102 Å². The summed E-state index contributed by atoms with van der Waals surface area (Å²) in [4.78, 5) is 42.9. The first kappa shape index (κ1) is 105. The third kappa shape index (κ3) is 22.3. The van der Waals surface area contributed by atoms with Gasteiger partial charge < -0.3 is 39.2 Å². The zero-order valence-corrected chi connectivity index (χ0v) is 77.6. The van der Waals surface area contributed by atoms with Gasteiger partial charge in [-0.1, -0.05) is 177 Å². The topological polar surface area (TPSA) is 84.0 Å². The Hall–Kier alpha value is -8.20. The van der Waals surface area contributed by atoms with Crippen LogP contribution in [-0.2, 0) is 5.41 Å². The van der Waals surface area contributed by atoms with Crippen LogP contribution in [0.5, 0.6) is 0 Å². The van der Waals surface area contributed by atoms with Crippen LogP contribution in [0.3, 0.4) is 0 Å². The van der Waals surface area contributed by atoms with Crippen LogP contribution in [0.2, 0.25) is 0 Å². The molecule has 5 aromatic carbocycles. The van der Waals surface area contributed by atoms with Gasteiger partial charge in [-0.2, -0.15) is 0 Å². The fourth-order valence-corrected chi connectivity index (χ4v) is 21.8. The molecule has 121 heavy (non-hydrogen) atoms. The lowest BCUT2D eigenvalue weighted by Gasteiger charge is -2.46. The van der Waals surface area contributed by atoms with Gasteiger partial charge >= 0.3 is 0 Å². The molecule has 3 fully saturated rings. The molecular weight excluding hydrogens is 1480 g/mol. The van der Waals surface area contributed by atoms with E-state index in [0.29, 0.717) is 33.5 Å². The van der Waals surface area contributed by atoms with Gasteiger partial charge in [0.15, 0.2) is 23.3 Å². The first-order valence-corrected chi connectivity index (χ1v) is 43.3. The summed E-state index contributed by atoms with van der Waals surface area (Å²) in [7, 11) is 0. The summed E-state index contributed by atoms with van der Waals surface area (Å²) in [6.45, 7) is 76.2. The number of rotatable bonds is 4. The predicted molar refractivity (Wildman–Crippen MR) is 536 cm³/mol. The number of fused-ring (bicyclic) bond motifs is 4. The van der Waals surface area contributed by atoms with Crippen LogP contribution >= 0.6 is 0 Å². The van der Waals surface area contributed by atoms with Gasteiger partial charge in [0.2, 0.25) is 0 Å². The van der Waals surface area contributed by atoms with Crippen LogP contribution in [0.4, 0.5) is 68.8 Å². The van der Waals surface area contributed by atoms with Crippen molar-refractivity contribution in [3.8, 4) is 0 Å². The van der Waals surface area contributed by atoms with Crippen LogP contribution in [0.15, 0.2) is 189 Å². The summed E-state index contributed by atoms with van der Waals surface area (Å²) in [6, 6.07) is 58.8. The summed E-state index contributed by atoms with van der Waals surface area (Å²) in [5.41, 5.74) is 13.8. The van der Waals surface area contributed by atoms with Gasteiger partial charge in [0.25, 0.3) is 0 Å². The molecule has 14 nitrogen and oxygen atoms in total. The third-order valence-electron chi connectivity index (χ3n) is 25.1. The van der Waals surface area contributed by atoms with Crippen molar-refractivity contribution in [3.05, 3.63) is 194 Å². The number of pyridine rings is 2. The average Bonchev–Trinajstić information content (AvgIpc) is 1.58. The SMILES string of the molecule is C.C.C.C.C.C.C[C@@H]1N(C(C)(C)C)C(C)(C)CC1(C)C.C[C@@H]1N(C(C)(C)C)C(C)(C)CC12CCCCC2.C[C@H]1N(c2ccccc2)c2ccc(C(C)(C)C)cc2N1C(C)(C)C.C[C@H]1N(c2ccccc2)c2cccnc2N1C(C)(C)C.C[C@H]1N(c2ccccc2)c2ncccc2N1C(C)(C)C.C[C@H]1N(c2ccccc2)c2nccnc2N1C(C)(C)C. The van der Waals surface area contributed by atoms with Crippen molar-refractivity contribution in [3.63, 3.8) is 0 Å². The zero-order valence-electron chi connectivity index (χ0n) is 77.6. The Balaban J connectivity index is 0.000000304. The quantitative estimate of drug-likeness (QED) is 0.168. The van der Waals surface area contributed by atoms with Gasteiger partial charge in [-0.05, 0) is 326 Å². The first-order valence-electron chi connectivity index (χ1n) is 43.3. The smallest absolute Gasteiger partial charge is 0.178 e. The maximum atomic E-state index is 4.62. The number of hydrogen-bond acceptors (Lipinski definition) is 14. The fourth-order valence-electron chi connectivity index (χ4n) is 21.8. The Kier molecular flexibility index (Phi) is 34.2. The molecule has 1 aliphatic carbocycles. The zero-order chi connectivity index (χ0) is 84.9. The predicted octanol–water partition coefficient (Wildman–Crippen LogP) is 30.1. The van der Waals surface area contributed by atoms with Crippen LogP contribution in [0, 0.1) is 10.8 Å². The van der Waals surface area contributed by atoms with E-state index in [0.717, 1.165) is 35.0 Å². The highest BCUT2D eigenvalue weighted by Crippen LogP contribution is 2.57. The highest BCUT2D eigenvalue weighted by molar-refractivity contribution is 5.86. The maximum Gasteiger partial charge on any atom is 0.178 e. The number of hydrogen-bond donors (Lipinski definition) is 0. The Labute approximate surface area is 742 Å². The number of benzene rings is 5. The van der Waals surface area contributed by atoms with Crippen LogP contribution in [-0.4, -0.2) is 111 Å². The summed E-state index contributed by atoms with van der Waals surface area (Å²) in [5.74, 6) is 4.00. The highest BCUT2D eigenvalue weighted by Gasteiger charge is 2.57. The molecule has 1 saturated carbocycles. The van der Waals surface area contributed by atoms with Gasteiger partial charge in [-0.25, -0.2) is 19.9 Å². The lowest BCUT2D eigenvalue weighted by atomic mass is 9.68. The molecule has 0 radical (unpaired) electrons. The molecule has 672 valence electrons. The monoisotopic (exact) mass is 1660 g/mol. The number of aromatic nitrogens is 4. The minimum Gasteiger partial charge on any atom is -0.345 e. The van der Waals surface area contributed by atoms with E-state index in [1.165, 1.54) is 90.3 Å². The standard InChI is InChI=1S/C22H30N2.2C17H21N3.C16H20N4.C16H31N.C13H27N.6CH4/c1-16-23(18-11-9-8-10-12-18)19-14-13-17(21(2,3)4)15-20(19)24(16)22(5,6)7;1-13-19(14-9-6-5-7-10-14)16-15(11-8-12-18-16)20(13)17(2,3)4;1-13-19(14-9-6-5-7-10-14)15-11-8-12-18-16(15)20(13)17(2,3)4;1-12-19(13-8-6-5-7-9-13)14-15(18-11-10-17-14)20(12)16(2,3)4;1-13-16(10-8-7-9-11-16)12-15(5,6)17(13)14(2,3)4;1-10-12(5,6)9-13(7,8)14(10)11(2,3)4;;;;;;/h8-16H,1-7H3;2*5-13H,1-4H3;5-12H,1-4H3;13H,7-12H2,1-6H3;10H,9H2,1-8H3;6*1H4/t16-;2*13-;12-;13-;10-;;;;;;/m000000....../s1. The number of likely N-dealkylation sites (tertiary alicyclic amines) is 2. The molecule has 0 bridgehead atoms. The van der Waals surface area contributed by atoms with Gasteiger partial charge in [0.1, 0.15) is 24.7 Å². The molecule has 0 amide bonds. The van der Waals surface area contributed by atoms with Crippen LogP contribution in [0.1, 0.15) is 324 Å². The van der Waals surface area contributed by atoms with E-state index in [9.17, 15) is 0 Å². The van der Waals surface area contributed by atoms with Crippen molar-refractivity contribution in [2.75, 3.05) is 39.2 Å². The molecule has 7 aliphatic rings. The lowest BCUT2D eigenvalue weighted by Crippen LogP contribution is -2.54. The van der Waals surface area contributed by atoms with E-state index < -0.39 is 0 Å². The molecule has 2 saturated heterocycles. The van der Waals surface area contributed by atoms with Crippen LogP contribution < -0.4 is 39.2 Å². The van der Waals surface area contributed by atoms with E-state index in [1.54, 1.807) is 12.4 Å². The van der Waals surface area contributed by atoms with E-state index in [1.807, 2.05) is 36.7 Å². The van der Waals surface area contributed by atoms with E-state index in [2.05, 4.69) is 437 Å². The minimum atomic E-state index is -0.00622. The summed E-state index contributed by atoms with van der Waals surface area (Å²) >= 11 is 0. The minimum absolute atomic E-state index is 0. The molecule has 15 rings (SSSR count). The fraction of sp³-hybridized carbons (Fsp3) is 0.589. The Morgan fingerprint density at radius 2 is 0.620 bits per heavy atom. The van der Waals surface area contributed by atoms with Crippen molar-refractivity contribution in [1.29, 1.82) is 0 Å². The summed E-state index contributed by atoms with van der Waals surface area (Å²) in [6.07, 6.45) is 18.2. The first-order chi connectivity index (χ1) is 53.3. The Morgan fingerprint density at radius 1 is 0.289 bits per heavy atom. The van der Waals surface area contributed by atoms with Crippen molar-refractivity contribution in [1.82, 2.24) is 29.7 Å². The molecular formula is C107H174N14. The normalized spacial score (nSPS) is 21.0. The van der Waals surface area contributed by atoms with Gasteiger partial charge in [0.05, 0.1) is 22.7 Å². The second-order valence-electron chi connectivity index (χ2n) is 42.7. The number of para-hydroxylation sites is 4. The van der Waals surface area contributed by atoms with Crippen molar-refractivity contribution in [2.45, 2.75) is 404 Å². The molecule has 3 aromatic heterocycles. The molecule has 8 aromatic rings. The van der Waals surface area contributed by atoms with Gasteiger partial charge in [-0.15, -0.1) is 0 Å². The van der Waals surface area contributed by atoms with E-state index in [4.69, 9.17) is 0 Å². The van der Waals surface area contributed by atoms with Crippen molar-refractivity contribution in [2.24, 2.45) is 10.8 Å². The van der Waals surface area contributed by atoms with Crippen LogP contribution in [0.25, 0.3) is 0 Å². The Bertz CT molecular complexity index is 4200. The second kappa shape index (κ2) is 39.3. The van der Waals surface area contributed by atoms with Crippen molar-refractivity contribution >= 4 is 68.8 Å². The number of anilines is 12. The molecule has 6 atom stereocenters. The number of nitrogens with zero attached hydrogens (tertiary/aromatic N) is 14. The average molecular weight is 1660 g/mol. The Morgan fingerprint density at radius 3 is 1.01 bits per heavy atom. The molecule has 0 unspecified atom stereocenters. The summed E-state index contributed by atoms with van der Waals surface area (Å²) in [5, 5.41) is 0. The van der Waals surface area contributed by atoms with Crippen molar-refractivity contribution < 1.29 is 0 Å². The maximum absolute atomic E-state index is 4.62. The lowest BCUT2D eigenvalue weighted by molar-refractivity contribution is 0.0173.